The highest BCUT2D eigenvalue weighted by molar-refractivity contribution is 9.10. The fourth-order valence-corrected chi connectivity index (χ4v) is 2.92. The third-order valence-electron chi connectivity index (χ3n) is 3.48. The normalized spacial score (nSPS) is 12.0. The molecule has 3 nitrogen and oxygen atoms in total. The summed E-state index contributed by atoms with van der Waals surface area (Å²) in [5.74, 6) is -0.0933. The molecule has 0 aliphatic rings. The molecule has 0 fully saturated rings. The zero-order chi connectivity index (χ0) is 16.1. The second-order valence-corrected chi connectivity index (χ2v) is 6.35. The number of benzene rings is 2. The van der Waals surface area contributed by atoms with Gasteiger partial charge in [0, 0.05) is 21.2 Å². The summed E-state index contributed by atoms with van der Waals surface area (Å²) in [5.41, 5.74) is 2.73. The van der Waals surface area contributed by atoms with Crippen LogP contribution in [0.5, 0.6) is 0 Å². The molecule has 2 aromatic carbocycles. The molecule has 2 aromatic rings. The predicted molar refractivity (Wildman–Crippen MR) is 95.4 cm³/mol. The highest BCUT2D eigenvalue weighted by Gasteiger charge is 2.11. The second-order valence-electron chi connectivity index (χ2n) is 5.08. The maximum atomic E-state index is 12.1. The summed E-state index contributed by atoms with van der Waals surface area (Å²) < 4.78 is 1.03. The van der Waals surface area contributed by atoms with E-state index < -0.39 is 0 Å². The molecule has 2 N–H and O–H groups in total. The van der Waals surface area contributed by atoms with E-state index in [0.29, 0.717) is 5.02 Å². The Balaban J connectivity index is 1.93. The molecule has 0 spiro atoms. The zero-order valence-electron chi connectivity index (χ0n) is 12.5. The highest BCUT2D eigenvalue weighted by atomic mass is 79.9. The lowest BCUT2D eigenvalue weighted by Crippen LogP contribution is -2.30. The van der Waals surface area contributed by atoms with Gasteiger partial charge in [-0.1, -0.05) is 51.8 Å². The lowest BCUT2D eigenvalue weighted by Gasteiger charge is -2.16. The quantitative estimate of drug-likeness (QED) is 0.788. The molecule has 1 atom stereocenters. The van der Waals surface area contributed by atoms with Gasteiger partial charge in [0.05, 0.1) is 6.54 Å². The highest BCUT2D eigenvalue weighted by Crippen LogP contribution is 2.24. The van der Waals surface area contributed by atoms with E-state index in [1.165, 1.54) is 0 Å². The van der Waals surface area contributed by atoms with Crippen molar-refractivity contribution in [2.75, 3.05) is 11.9 Å². The van der Waals surface area contributed by atoms with Crippen LogP contribution in [0.25, 0.3) is 0 Å². The van der Waals surface area contributed by atoms with Crippen LogP contribution in [-0.2, 0) is 4.79 Å². The minimum Gasteiger partial charge on any atom is -0.325 e. The number of carbonyl (C=O) groups excluding carboxylic acids is 1. The minimum atomic E-state index is -0.0933. The summed E-state index contributed by atoms with van der Waals surface area (Å²) in [6, 6.07) is 13.5. The van der Waals surface area contributed by atoms with Crippen molar-refractivity contribution < 1.29 is 4.79 Å². The molecule has 0 aromatic heterocycles. The first-order valence-corrected chi connectivity index (χ1v) is 8.19. The first-order valence-electron chi connectivity index (χ1n) is 7.02. The largest absolute Gasteiger partial charge is 0.325 e. The average Bonchev–Trinajstić information content (AvgIpc) is 2.50. The van der Waals surface area contributed by atoms with E-state index >= 15 is 0 Å². The van der Waals surface area contributed by atoms with E-state index in [4.69, 9.17) is 11.6 Å². The van der Waals surface area contributed by atoms with Gasteiger partial charge in [-0.3, -0.25) is 4.79 Å². The van der Waals surface area contributed by atoms with Crippen molar-refractivity contribution in [1.82, 2.24) is 5.32 Å². The molecule has 0 saturated carbocycles. The van der Waals surface area contributed by atoms with Crippen LogP contribution in [0.4, 0.5) is 5.69 Å². The van der Waals surface area contributed by atoms with Crippen molar-refractivity contribution in [2.45, 2.75) is 19.9 Å². The predicted octanol–water partition coefficient (Wildman–Crippen LogP) is 4.70. The molecule has 0 bridgehead atoms. The van der Waals surface area contributed by atoms with E-state index in [1.54, 1.807) is 6.07 Å². The Labute approximate surface area is 144 Å². The van der Waals surface area contributed by atoms with Gasteiger partial charge in [-0.15, -0.1) is 0 Å². The number of hydrogen-bond donors (Lipinski definition) is 2. The van der Waals surface area contributed by atoms with E-state index in [1.807, 2.05) is 50.2 Å². The van der Waals surface area contributed by atoms with Gasteiger partial charge >= 0.3 is 0 Å². The van der Waals surface area contributed by atoms with Crippen LogP contribution < -0.4 is 10.6 Å². The summed E-state index contributed by atoms with van der Waals surface area (Å²) in [4.78, 5) is 12.1. The summed E-state index contributed by atoms with van der Waals surface area (Å²) in [6.45, 7) is 4.14. The fraction of sp³-hybridized carbons (Fsp3) is 0.235. The lowest BCUT2D eigenvalue weighted by molar-refractivity contribution is -0.115. The summed E-state index contributed by atoms with van der Waals surface area (Å²) >= 11 is 9.57. The molecule has 1 amide bonds. The number of hydrogen-bond acceptors (Lipinski definition) is 2. The Kier molecular flexibility index (Phi) is 6.00. The molecule has 0 aliphatic heterocycles. The van der Waals surface area contributed by atoms with Crippen LogP contribution in [0.15, 0.2) is 46.9 Å². The third-order valence-corrected chi connectivity index (χ3v) is 4.61. The monoisotopic (exact) mass is 380 g/mol. The Morgan fingerprint density at radius 3 is 2.68 bits per heavy atom. The first kappa shape index (κ1) is 17.0. The van der Waals surface area contributed by atoms with Crippen LogP contribution >= 0.6 is 27.5 Å². The standard InChI is InChI=1S/C17H18BrClN2O/c1-11-15(19)8-5-9-16(11)21-17(22)10-20-12(2)13-6-3-4-7-14(13)18/h3-9,12,20H,10H2,1-2H3,(H,21,22). The van der Waals surface area contributed by atoms with Gasteiger partial charge < -0.3 is 10.6 Å². The maximum absolute atomic E-state index is 12.1. The van der Waals surface area contributed by atoms with Crippen molar-refractivity contribution in [3.8, 4) is 0 Å². The molecule has 1 unspecified atom stereocenters. The van der Waals surface area contributed by atoms with Crippen LogP contribution in [0, 0.1) is 6.92 Å². The zero-order valence-corrected chi connectivity index (χ0v) is 14.8. The van der Waals surface area contributed by atoms with Gasteiger partial charge in [-0.2, -0.15) is 0 Å². The second kappa shape index (κ2) is 7.77. The van der Waals surface area contributed by atoms with E-state index in [-0.39, 0.29) is 18.5 Å². The maximum Gasteiger partial charge on any atom is 0.238 e. The molecule has 5 heteroatoms. The Morgan fingerprint density at radius 2 is 1.95 bits per heavy atom. The van der Waals surface area contributed by atoms with Crippen molar-refractivity contribution in [3.63, 3.8) is 0 Å². The topological polar surface area (TPSA) is 41.1 Å². The molecule has 2 rings (SSSR count). The molecular formula is C17H18BrClN2O. The number of nitrogens with one attached hydrogen (secondary N) is 2. The van der Waals surface area contributed by atoms with Crippen LogP contribution in [0.1, 0.15) is 24.1 Å². The Hall–Kier alpha value is -1.36. The number of carbonyl (C=O) groups is 1. The molecule has 0 heterocycles. The summed E-state index contributed by atoms with van der Waals surface area (Å²) in [7, 11) is 0. The van der Waals surface area contributed by atoms with Gasteiger partial charge in [0.1, 0.15) is 0 Å². The number of halogens is 2. The molecule has 22 heavy (non-hydrogen) atoms. The van der Waals surface area contributed by atoms with Crippen molar-refractivity contribution in [1.29, 1.82) is 0 Å². The summed E-state index contributed by atoms with van der Waals surface area (Å²) in [5, 5.41) is 6.74. The van der Waals surface area contributed by atoms with Crippen molar-refractivity contribution in [3.05, 3.63) is 63.1 Å². The number of rotatable bonds is 5. The smallest absolute Gasteiger partial charge is 0.238 e. The van der Waals surface area contributed by atoms with Gasteiger partial charge in [0.25, 0.3) is 0 Å². The lowest BCUT2D eigenvalue weighted by atomic mass is 10.1. The molecule has 0 aliphatic carbocycles. The van der Waals surface area contributed by atoms with Gasteiger partial charge in [0.15, 0.2) is 0 Å². The fourth-order valence-electron chi connectivity index (χ4n) is 2.12. The molecule has 0 saturated heterocycles. The Morgan fingerprint density at radius 1 is 1.23 bits per heavy atom. The number of amides is 1. The first-order chi connectivity index (χ1) is 10.5. The van der Waals surface area contributed by atoms with Gasteiger partial charge in [0.2, 0.25) is 5.91 Å². The van der Waals surface area contributed by atoms with Crippen molar-refractivity contribution in [2.24, 2.45) is 0 Å². The van der Waals surface area contributed by atoms with Crippen LogP contribution in [0.3, 0.4) is 0 Å². The molecular weight excluding hydrogens is 364 g/mol. The van der Waals surface area contributed by atoms with E-state index in [2.05, 4.69) is 26.6 Å². The third kappa shape index (κ3) is 4.32. The average molecular weight is 382 g/mol. The van der Waals surface area contributed by atoms with Gasteiger partial charge in [-0.05, 0) is 43.2 Å². The minimum absolute atomic E-state index is 0.0711. The summed E-state index contributed by atoms with van der Waals surface area (Å²) in [6.07, 6.45) is 0. The SMILES string of the molecule is Cc1c(Cl)cccc1NC(=O)CNC(C)c1ccccc1Br. The Bertz CT molecular complexity index is 675. The molecule has 116 valence electrons. The number of anilines is 1. The van der Waals surface area contributed by atoms with E-state index in [9.17, 15) is 4.79 Å². The van der Waals surface area contributed by atoms with Gasteiger partial charge in [-0.25, -0.2) is 0 Å². The van der Waals surface area contributed by atoms with Crippen LogP contribution in [0.2, 0.25) is 5.02 Å². The molecule has 0 radical (unpaired) electrons. The van der Waals surface area contributed by atoms with Crippen molar-refractivity contribution >= 4 is 39.1 Å². The van der Waals surface area contributed by atoms with Crippen LogP contribution in [-0.4, -0.2) is 12.5 Å². The van der Waals surface area contributed by atoms with E-state index in [0.717, 1.165) is 21.3 Å².